The lowest BCUT2D eigenvalue weighted by Gasteiger charge is -2.36. The van der Waals surface area contributed by atoms with Crippen LogP contribution in [0.15, 0.2) is 41.7 Å². The number of hydrogen-bond donors (Lipinski definition) is 2. The SMILES string of the molecule is C=C[C@@H](C/C=C\C)[C@@H](CC(O)OC)N1C(=O)NC2=CN=CCC21. The second kappa shape index (κ2) is 8.08. The van der Waals surface area contributed by atoms with E-state index in [1.165, 1.54) is 7.11 Å². The quantitative estimate of drug-likeness (QED) is 0.532. The number of aliphatic hydroxyl groups excluding tert-OH is 1. The Morgan fingerprint density at radius 2 is 2.43 bits per heavy atom. The summed E-state index contributed by atoms with van der Waals surface area (Å²) in [6, 6.07) is -0.435. The molecule has 23 heavy (non-hydrogen) atoms. The summed E-state index contributed by atoms with van der Waals surface area (Å²) in [5.74, 6) is 0.0277. The zero-order valence-electron chi connectivity index (χ0n) is 13.7. The van der Waals surface area contributed by atoms with Gasteiger partial charge in [0.1, 0.15) is 0 Å². The molecule has 2 rings (SSSR count). The second-order valence-corrected chi connectivity index (χ2v) is 5.70. The minimum atomic E-state index is -0.925. The van der Waals surface area contributed by atoms with Gasteiger partial charge < -0.3 is 20.1 Å². The molecule has 2 aliphatic rings. The fraction of sp³-hybridized carbons (Fsp3) is 0.529. The maximum absolute atomic E-state index is 12.5. The molecule has 0 aliphatic carbocycles. The Bertz CT molecular complexity index is 527. The van der Waals surface area contributed by atoms with Crippen molar-refractivity contribution in [1.82, 2.24) is 10.2 Å². The largest absolute Gasteiger partial charge is 0.368 e. The molecule has 0 spiro atoms. The van der Waals surface area contributed by atoms with Gasteiger partial charge in [0.15, 0.2) is 6.29 Å². The summed E-state index contributed by atoms with van der Waals surface area (Å²) in [7, 11) is 1.46. The van der Waals surface area contributed by atoms with E-state index in [1.54, 1.807) is 17.3 Å². The van der Waals surface area contributed by atoms with Crippen LogP contribution in [0.5, 0.6) is 0 Å². The smallest absolute Gasteiger partial charge is 0.322 e. The Kier molecular flexibility index (Phi) is 6.12. The summed E-state index contributed by atoms with van der Waals surface area (Å²) in [6.07, 6.45) is 10.2. The van der Waals surface area contributed by atoms with Gasteiger partial charge in [-0.05, 0) is 13.3 Å². The fourth-order valence-corrected chi connectivity index (χ4v) is 3.10. The number of aliphatic hydroxyl groups is 1. The molecule has 6 nitrogen and oxygen atoms in total. The molecule has 1 fully saturated rings. The third-order valence-corrected chi connectivity index (χ3v) is 4.34. The van der Waals surface area contributed by atoms with Crippen LogP contribution in [0.2, 0.25) is 0 Å². The topological polar surface area (TPSA) is 74.2 Å². The van der Waals surface area contributed by atoms with Crippen LogP contribution in [0.3, 0.4) is 0 Å². The first-order valence-electron chi connectivity index (χ1n) is 7.88. The molecular formula is C17H25N3O3. The normalized spacial score (nSPS) is 24.1. The molecule has 126 valence electrons. The van der Waals surface area contributed by atoms with Gasteiger partial charge in [0.05, 0.1) is 11.7 Å². The average molecular weight is 319 g/mol. The van der Waals surface area contributed by atoms with E-state index >= 15 is 0 Å². The van der Waals surface area contributed by atoms with Gasteiger partial charge in [0, 0.05) is 44.3 Å². The van der Waals surface area contributed by atoms with E-state index < -0.39 is 6.29 Å². The van der Waals surface area contributed by atoms with Crippen LogP contribution in [0, 0.1) is 5.92 Å². The van der Waals surface area contributed by atoms with Crippen molar-refractivity contribution in [3.05, 3.63) is 36.7 Å². The number of carbonyl (C=O) groups excluding carboxylic acids is 1. The maximum atomic E-state index is 12.5. The fourth-order valence-electron chi connectivity index (χ4n) is 3.10. The van der Waals surface area contributed by atoms with Crippen molar-refractivity contribution in [2.75, 3.05) is 7.11 Å². The number of ether oxygens (including phenoxy) is 1. The van der Waals surface area contributed by atoms with Crippen molar-refractivity contribution in [1.29, 1.82) is 0 Å². The van der Waals surface area contributed by atoms with Crippen LogP contribution < -0.4 is 5.32 Å². The Hall–Kier alpha value is -1.92. The highest BCUT2D eigenvalue weighted by molar-refractivity contribution is 5.83. The van der Waals surface area contributed by atoms with E-state index in [1.807, 2.05) is 25.2 Å². The number of nitrogens with one attached hydrogen (secondary N) is 1. The molecule has 0 aromatic carbocycles. The summed E-state index contributed by atoms with van der Waals surface area (Å²) in [6.45, 7) is 5.87. The van der Waals surface area contributed by atoms with E-state index in [9.17, 15) is 9.90 Å². The summed E-state index contributed by atoms with van der Waals surface area (Å²) < 4.78 is 5.01. The Labute approximate surface area is 137 Å². The van der Waals surface area contributed by atoms with E-state index in [0.717, 1.165) is 12.1 Å². The van der Waals surface area contributed by atoms with Gasteiger partial charge >= 0.3 is 6.03 Å². The molecule has 2 heterocycles. The number of carbonyl (C=O) groups is 1. The van der Waals surface area contributed by atoms with Gasteiger partial charge in [-0.3, -0.25) is 4.99 Å². The number of amides is 2. The number of aliphatic imine (C=N–C) groups is 1. The molecule has 2 N–H and O–H groups in total. The van der Waals surface area contributed by atoms with Crippen molar-refractivity contribution < 1.29 is 14.6 Å². The summed E-state index contributed by atoms with van der Waals surface area (Å²) >= 11 is 0. The van der Waals surface area contributed by atoms with Gasteiger partial charge in [0.25, 0.3) is 0 Å². The minimum absolute atomic E-state index is 0.0277. The maximum Gasteiger partial charge on any atom is 0.322 e. The minimum Gasteiger partial charge on any atom is -0.368 e. The molecule has 4 atom stereocenters. The van der Waals surface area contributed by atoms with Gasteiger partial charge in [-0.25, -0.2) is 4.79 Å². The van der Waals surface area contributed by atoms with Crippen molar-refractivity contribution in [2.24, 2.45) is 10.9 Å². The number of nitrogens with zero attached hydrogens (tertiary/aromatic N) is 2. The van der Waals surface area contributed by atoms with Crippen molar-refractivity contribution >= 4 is 12.2 Å². The lowest BCUT2D eigenvalue weighted by Crippen LogP contribution is -2.48. The molecule has 2 unspecified atom stereocenters. The van der Waals surface area contributed by atoms with Gasteiger partial charge in [0.2, 0.25) is 0 Å². The molecule has 6 heteroatoms. The number of methoxy groups -OCH3 is 1. The standard InChI is InChI=1S/C17H25N3O3/c1-4-6-7-12(5-2)15(10-16(21)23-3)20-14-8-9-18-11-13(14)19-17(20)22/h4-6,9,11-12,14-16,21H,2,7-8,10H2,1,3H3,(H,19,22)/b6-4-/t12-,14?,15+,16?/m0/s1. The molecule has 0 bridgehead atoms. The van der Waals surface area contributed by atoms with Crippen molar-refractivity contribution in [2.45, 2.75) is 44.6 Å². The highest BCUT2D eigenvalue weighted by atomic mass is 16.6. The number of hydrogen-bond acceptors (Lipinski definition) is 4. The third kappa shape index (κ3) is 3.89. The Balaban J connectivity index is 2.28. The first kappa shape index (κ1) is 17.4. The number of rotatable bonds is 8. The summed E-state index contributed by atoms with van der Waals surface area (Å²) in [4.78, 5) is 18.4. The van der Waals surface area contributed by atoms with Crippen LogP contribution in [-0.4, -0.2) is 47.7 Å². The molecule has 0 aromatic heterocycles. The number of fused-ring (bicyclic) bond motifs is 1. The molecule has 0 radical (unpaired) electrons. The third-order valence-electron chi connectivity index (χ3n) is 4.34. The van der Waals surface area contributed by atoms with Crippen LogP contribution in [0.25, 0.3) is 0 Å². The number of allylic oxidation sites excluding steroid dienone is 2. The monoisotopic (exact) mass is 319 g/mol. The predicted octanol–water partition coefficient (Wildman–Crippen LogP) is 2.19. The van der Waals surface area contributed by atoms with E-state index in [2.05, 4.69) is 16.9 Å². The van der Waals surface area contributed by atoms with Gasteiger partial charge in [-0.1, -0.05) is 18.2 Å². The molecule has 2 amide bonds. The van der Waals surface area contributed by atoms with E-state index in [4.69, 9.17) is 4.74 Å². The van der Waals surface area contributed by atoms with E-state index in [0.29, 0.717) is 12.8 Å². The van der Waals surface area contributed by atoms with Crippen LogP contribution in [0.1, 0.15) is 26.2 Å². The average Bonchev–Trinajstić information content (AvgIpc) is 2.89. The lowest BCUT2D eigenvalue weighted by molar-refractivity contribution is -0.0923. The molecule has 2 aliphatic heterocycles. The Morgan fingerprint density at radius 1 is 1.65 bits per heavy atom. The predicted molar refractivity (Wildman–Crippen MR) is 89.9 cm³/mol. The zero-order chi connectivity index (χ0) is 16.8. The van der Waals surface area contributed by atoms with Crippen molar-refractivity contribution in [3.63, 3.8) is 0 Å². The van der Waals surface area contributed by atoms with Gasteiger partial charge in [-0.15, -0.1) is 6.58 Å². The first-order chi connectivity index (χ1) is 11.1. The Morgan fingerprint density at radius 3 is 3.09 bits per heavy atom. The molecule has 0 aromatic rings. The van der Waals surface area contributed by atoms with Crippen molar-refractivity contribution in [3.8, 4) is 0 Å². The number of urea groups is 1. The van der Waals surface area contributed by atoms with E-state index in [-0.39, 0.29) is 24.0 Å². The van der Waals surface area contributed by atoms with Crippen LogP contribution >= 0.6 is 0 Å². The lowest BCUT2D eigenvalue weighted by atomic mass is 9.90. The zero-order valence-corrected chi connectivity index (χ0v) is 13.7. The second-order valence-electron chi connectivity index (χ2n) is 5.70. The molecule has 0 saturated carbocycles. The van der Waals surface area contributed by atoms with Crippen LogP contribution in [-0.2, 0) is 4.74 Å². The van der Waals surface area contributed by atoms with Gasteiger partial charge in [-0.2, -0.15) is 0 Å². The first-order valence-corrected chi connectivity index (χ1v) is 7.88. The summed E-state index contributed by atoms with van der Waals surface area (Å²) in [5, 5.41) is 12.8. The molecule has 1 saturated heterocycles. The van der Waals surface area contributed by atoms with Crippen LogP contribution in [0.4, 0.5) is 4.79 Å². The highest BCUT2D eigenvalue weighted by Crippen LogP contribution is 2.31. The summed E-state index contributed by atoms with van der Waals surface area (Å²) in [5.41, 5.74) is 0.809. The highest BCUT2D eigenvalue weighted by Gasteiger charge is 2.42. The molecular weight excluding hydrogens is 294 g/mol.